The maximum Gasteiger partial charge on any atom is 0.195 e. The van der Waals surface area contributed by atoms with Gasteiger partial charge < -0.3 is 8.83 Å². The van der Waals surface area contributed by atoms with Crippen molar-refractivity contribution in [2.45, 2.75) is 31.5 Å². The summed E-state index contributed by atoms with van der Waals surface area (Å²) < 4.78 is 13.2. The minimum atomic E-state index is 0.653. The molecule has 0 aliphatic heterocycles. The Morgan fingerprint density at radius 3 is 2.89 bits per heavy atom. The molecule has 0 spiro atoms. The van der Waals surface area contributed by atoms with E-state index in [2.05, 4.69) is 26.3 Å². The predicted octanol–water partition coefficient (Wildman–Crippen LogP) is 4.90. The molecule has 0 unspecified atom stereocenters. The van der Waals surface area contributed by atoms with Gasteiger partial charge in [0.05, 0.1) is 11.8 Å². The van der Waals surface area contributed by atoms with E-state index in [1.165, 1.54) is 0 Å². The Hall–Kier alpha value is -2.80. The molecule has 6 nitrogen and oxygen atoms in total. The first-order chi connectivity index (χ1) is 13.3. The smallest absolute Gasteiger partial charge is 0.195 e. The van der Waals surface area contributed by atoms with Crippen LogP contribution in [0.2, 0.25) is 0 Å². The number of aryl methyl sites for hydroxylation is 2. The van der Waals surface area contributed by atoms with Gasteiger partial charge in [0.2, 0.25) is 0 Å². The lowest BCUT2D eigenvalue weighted by atomic mass is 10.2. The van der Waals surface area contributed by atoms with Crippen LogP contribution in [0.15, 0.2) is 63.2 Å². The summed E-state index contributed by atoms with van der Waals surface area (Å²) in [5.74, 6) is 3.32. The van der Waals surface area contributed by atoms with Gasteiger partial charge in [-0.3, -0.25) is 4.57 Å². The lowest BCUT2D eigenvalue weighted by molar-refractivity contribution is 0.526. The standard InChI is InChI=1S/C20H20N4O2S/c1-3-11-24-19(15-10-12-25-14(15)2)22-23-20(24)27-13-6-9-18-21-16-7-4-5-8-17(16)26-18/h3-5,7-8,10,12H,1,6,9,11,13H2,2H3. The van der Waals surface area contributed by atoms with Crippen molar-refractivity contribution >= 4 is 22.9 Å². The van der Waals surface area contributed by atoms with Crippen LogP contribution in [0, 0.1) is 6.92 Å². The third-order valence-corrected chi connectivity index (χ3v) is 5.29. The van der Waals surface area contributed by atoms with Crippen molar-refractivity contribution in [1.82, 2.24) is 19.7 Å². The molecule has 0 amide bonds. The lowest BCUT2D eigenvalue weighted by Crippen LogP contribution is -2.01. The lowest BCUT2D eigenvalue weighted by Gasteiger charge is -2.06. The Labute approximate surface area is 161 Å². The van der Waals surface area contributed by atoms with Crippen LogP contribution in [-0.2, 0) is 13.0 Å². The summed E-state index contributed by atoms with van der Waals surface area (Å²) in [6.07, 6.45) is 5.26. The molecule has 4 aromatic rings. The quantitative estimate of drug-likeness (QED) is 0.246. The van der Waals surface area contributed by atoms with Crippen molar-refractivity contribution in [3.8, 4) is 11.4 Å². The molecular weight excluding hydrogens is 360 g/mol. The summed E-state index contributed by atoms with van der Waals surface area (Å²) in [5.41, 5.74) is 2.71. The average molecular weight is 380 g/mol. The number of oxazole rings is 1. The summed E-state index contributed by atoms with van der Waals surface area (Å²) in [5, 5.41) is 9.59. The molecule has 3 heterocycles. The number of furan rings is 1. The first-order valence-electron chi connectivity index (χ1n) is 8.82. The van der Waals surface area contributed by atoms with Crippen LogP contribution >= 0.6 is 11.8 Å². The Morgan fingerprint density at radius 2 is 2.11 bits per heavy atom. The number of benzene rings is 1. The molecule has 0 aliphatic rings. The highest BCUT2D eigenvalue weighted by Crippen LogP contribution is 2.27. The van der Waals surface area contributed by atoms with Crippen molar-refractivity contribution in [3.63, 3.8) is 0 Å². The number of fused-ring (bicyclic) bond motifs is 1. The second kappa shape index (κ2) is 7.84. The number of hydrogen-bond donors (Lipinski definition) is 0. The topological polar surface area (TPSA) is 69.9 Å². The first kappa shape index (κ1) is 17.6. The monoisotopic (exact) mass is 380 g/mol. The van der Waals surface area contributed by atoms with E-state index in [0.29, 0.717) is 6.54 Å². The second-order valence-corrected chi connectivity index (χ2v) is 7.19. The molecule has 4 rings (SSSR count). The Bertz CT molecular complexity index is 1030. The largest absolute Gasteiger partial charge is 0.469 e. The molecule has 7 heteroatoms. The number of para-hydroxylation sites is 2. The van der Waals surface area contributed by atoms with Crippen molar-refractivity contribution in [1.29, 1.82) is 0 Å². The van der Waals surface area contributed by atoms with Gasteiger partial charge in [0.15, 0.2) is 22.5 Å². The van der Waals surface area contributed by atoms with E-state index in [-0.39, 0.29) is 0 Å². The molecular formula is C20H20N4O2S. The summed E-state index contributed by atoms with van der Waals surface area (Å²) in [6, 6.07) is 9.75. The fourth-order valence-electron chi connectivity index (χ4n) is 2.92. The van der Waals surface area contributed by atoms with Crippen LogP contribution < -0.4 is 0 Å². The molecule has 3 aromatic heterocycles. The van der Waals surface area contributed by atoms with E-state index in [4.69, 9.17) is 8.83 Å². The highest BCUT2D eigenvalue weighted by molar-refractivity contribution is 7.99. The van der Waals surface area contributed by atoms with E-state index >= 15 is 0 Å². The van der Waals surface area contributed by atoms with Gasteiger partial charge in [-0.15, -0.1) is 16.8 Å². The van der Waals surface area contributed by atoms with Crippen molar-refractivity contribution in [2.75, 3.05) is 5.75 Å². The van der Waals surface area contributed by atoms with Gasteiger partial charge in [0.1, 0.15) is 11.3 Å². The van der Waals surface area contributed by atoms with E-state index in [0.717, 1.165) is 57.9 Å². The molecule has 1 aromatic carbocycles. The second-order valence-electron chi connectivity index (χ2n) is 6.12. The summed E-state index contributed by atoms with van der Waals surface area (Å²) >= 11 is 1.68. The van der Waals surface area contributed by atoms with E-state index < -0.39 is 0 Å². The molecule has 0 bridgehead atoms. The van der Waals surface area contributed by atoms with Crippen LogP contribution in [0.25, 0.3) is 22.5 Å². The zero-order valence-electron chi connectivity index (χ0n) is 15.1. The van der Waals surface area contributed by atoms with Gasteiger partial charge in [-0.2, -0.15) is 0 Å². The fraction of sp³-hybridized carbons (Fsp3) is 0.250. The molecule has 0 saturated heterocycles. The maximum absolute atomic E-state index is 5.77. The van der Waals surface area contributed by atoms with Crippen molar-refractivity contribution < 1.29 is 8.83 Å². The van der Waals surface area contributed by atoms with Crippen LogP contribution in [0.5, 0.6) is 0 Å². The van der Waals surface area contributed by atoms with Gasteiger partial charge in [-0.05, 0) is 31.5 Å². The summed E-state index contributed by atoms with van der Waals surface area (Å²) in [7, 11) is 0. The normalized spacial score (nSPS) is 11.3. The zero-order valence-corrected chi connectivity index (χ0v) is 15.9. The molecule has 27 heavy (non-hydrogen) atoms. The molecule has 0 N–H and O–H groups in total. The SMILES string of the molecule is C=CCn1c(SCCCc2nc3ccccc3o2)nnc1-c1ccoc1C. The van der Waals surface area contributed by atoms with Crippen LogP contribution in [0.3, 0.4) is 0 Å². The number of rotatable bonds is 8. The average Bonchev–Trinajstić information content (AvgIpc) is 3.37. The minimum absolute atomic E-state index is 0.653. The first-order valence-corrected chi connectivity index (χ1v) is 9.80. The molecule has 0 fully saturated rings. The maximum atomic E-state index is 5.77. The number of nitrogens with zero attached hydrogens (tertiary/aromatic N) is 4. The predicted molar refractivity (Wildman–Crippen MR) is 106 cm³/mol. The number of thioether (sulfide) groups is 1. The molecule has 0 radical (unpaired) electrons. The number of aromatic nitrogens is 4. The Kier molecular flexibility index (Phi) is 5.11. The highest BCUT2D eigenvalue weighted by Gasteiger charge is 2.16. The van der Waals surface area contributed by atoms with Crippen molar-refractivity contribution in [2.24, 2.45) is 0 Å². The summed E-state index contributed by atoms with van der Waals surface area (Å²) in [6.45, 7) is 6.43. The van der Waals surface area contributed by atoms with Crippen LogP contribution in [0.1, 0.15) is 18.1 Å². The molecule has 0 saturated carbocycles. The third-order valence-electron chi connectivity index (χ3n) is 4.23. The highest BCUT2D eigenvalue weighted by atomic mass is 32.2. The Balaban J connectivity index is 1.41. The van der Waals surface area contributed by atoms with Crippen LogP contribution in [-0.4, -0.2) is 25.5 Å². The van der Waals surface area contributed by atoms with E-state index in [1.54, 1.807) is 18.0 Å². The van der Waals surface area contributed by atoms with Crippen molar-refractivity contribution in [3.05, 3.63) is 60.9 Å². The zero-order chi connectivity index (χ0) is 18.6. The molecule has 138 valence electrons. The van der Waals surface area contributed by atoms with Gasteiger partial charge in [0.25, 0.3) is 0 Å². The van der Waals surface area contributed by atoms with E-state index in [1.807, 2.05) is 43.3 Å². The number of hydrogen-bond acceptors (Lipinski definition) is 6. The van der Waals surface area contributed by atoms with Gasteiger partial charge in [-0.1, -0.05) is 30.0 Å². The van der Waals surface area contributed by atoms with Gasteiger partial charge in [0, 0.05) is 18.7 Å². The Morgan fingerprint density at radius 1 is 1.22 bits per heavy atom. The number of allylic oxidation sites excluding steroid dienone is 1. The summed E-state index contributed by atoms with van der Waals surface area (Å²) in [4.78, 5) is 4.52. The van der Waals surface area contributed by atoms with Gasteiger partial charge >= 0.3 is 0 Å². The van der Waals surface area contributed by atoms with Gasteiger partial charge in [-0.25, -0.2) is 4.98 Å². The minimum Gasteiger partial charge on any atom is -0.469 e. The fourth-order valence-corrected chi connectivity index (χ4v) is 3.81. The van der Waals surface area contributed by atoms with Crippen LogP contribution in [0.4, 0.5) is 0 Å². The molecule has 0 aliphatic carbocycles. The third kappa shape index (κ3) is 3.68. The van der Waals surface area contributed by atoms with E-state index in [9.17, 15) is 0 Å². The molecule has 0 atom stereocenters.